The molecule has 1 unspecified atom stereocenters. The van der Waals surface area contributed by atoms with Crippen LogP contribution in [0.15, 0.2) is 28.7 Å². The fraction of sp³-hybridized carbons (Fsp3) is 0.424. The van der Waals surface area contributed by atoms with Crippen LogP contribution in [-0.2, 0) is 19.3 Å². The monoisotopic (exact) mass is 527 g/mol. The van der Waals surface area contributed by atoms with Crippen molar-refractivity contribution in [3.05, 3.63) is 74.7 Å². The minimum Gasteiger partial charge on any atom is -0.493 e. The van der Waals surface area contributed by atoms with Crippen LogP contribution in [0.25, 0.3) is 0 Å². The second kappa shape index (κ2) is 10.0. The Morgan fingerprint density at radius 1 is 1.08 bits per heavy atom. The van der Waals surface area contributed by atoms with Crippen molar-refractivity contribution in [1.82, 2.24) is 4.90 Å². The molecule has 0 saturated carbocycles. The number of amides is 1. The minimum absolute atomic E-state index is 0.156. The van der Waals surface area contributed by atoms with Gasteiger partial charge in [0.05, 0.1) is 14.2 Å². The smallest absolute Gasteiger partial charge is 0.290 e. The molecule has 1 amide bonds. The zero-order chi connectivity index (χ0) is 28.1. The SMILES string of the molecule is C#CC1c2cc(OC)c(OC)cc2CCN1C(=O)c1ccc(Cc2c(C)c(C)c3c(c2C)CCC(C)(C)O3)o1. The summed E-state index contributed by atoms with van der Waals surface area (Å²) in [5.41, 5.74) is 7.93. The molecule has 1 atom stereocenters. The van der Waals surface area contributed by atoms with E-state index in [0.717, 1.165) is 35.5 Å². The van der Waals surface area contributed by atoms with Gasteiger partial charge in [-0.15, -0.1) is 6.42 Å². The van der Waals surface area contributed by atoms with Crippen LogP contribution in [-0.4, -0.2) is 37.2 Å². The van der Waals surface area contributed by atoms with E-state index in [0.29, 0.717) is 36.6 Å². The number of ether oxygens (including phenoxy) is 3. The van der Waals surface area contributed by atoms with Crippen LogP contribution in [0.3, 0.4) is 0 Å². The van der Waals surface area contributed by atoms with E-state index in [1.54, 1.807) is 25.2 Å². The molecule has 0 spiro atoms. The van der Waals surface area contributed by atoms with Crippen LogP contribution < -0.4 is 14.2 Å². The summed E-state index contributed by atoms with van der Waals surface area (Å²) in [6, 6.07) is 6.96. The molecular weight excluding hydrogens is 490 g/mol. The number of furan rings is 1. The molecule has 2 aliphatic heterocycles. The maximum atomic E-state index is 13.6. The Bertz CT molecular complexity index is 1490. The fourth-order valence-electron chi connectivity index (χ4n) is 5.96. The first-order valence-corrected chi connectivity index (χ1v) is 13.5. The van der Waals surface area contributed by atoms with Gasteiger partial charge in [-0.2, -0.15) is 0 Å². The normalized spacial score (nSPS) is 17.5. The van der Waals surface area contributed by atoms with Crippen molar-refractivity contribution in [2.45, 2.75) is 71.9 Å². The van der Waals surface area contributed by atoms with E-state index in [1.165, 1.54) is 27.8 Å². The number of terminal acetylenes is 1. The van der Waals surface area contributed by atoms with Gasteiger partial charge in [-0.25, -0.2) is 0 Å². The molecule has 1 aromatic heterocycles. The van der Waals surface area contributed by atoms with Gasteiger partial charge in [0.1, 0.15) is 23.2 Å². The average Bonchev–Trinajstić information content (AvgIpc) is 3.40. The van der Waals surface area contributed by atoms with E-state index in [2.05, 4.69) is 40.5 Å². The first-order chi connectivity index (χ1) is 18.6. The Hall–Kier alpha value is -3.85. The number of carbonyl (C=O) groups is 1. The minimum atomic E-state index is -0.522. The van der Waals surface area contributed by atoms with Crippen molar-refractivity contribution in [1.29, 1.82) is 0 Å². The van der Waals surface area contributed by atoms with Crippen LogP contribution in [0.5, 0.6) is 17.2 Å². The summed E-state index contributed by atoms with van der Waals surface area (Å²) in [6.45, 7) is 11.2. The number of benzene rings is 2. The Morgan fingerprint density at radius 3 is 2.49 bits per heavy atom. The lowest BCUT2D eigenvalue weighted by Crippen LogP contribution is -2.39. The molecule has 0 bridgehead atoms. The van der Waals surface area contributed by atoms with Crippen LogP contribution in [0.4, 0.5) is 0 Å². The maximum absolute atomic E-state index is 13.6. The largest absolute Gasteiger partial charge is 0.493 e. The Balaban J connectivity index is 1.41. The Morgan fingerprint density at radius 2 is 1.79 bits per heavy atom. The second-order valence-electron chi connectivity index (χ2n) is 11.2. The zero-order valence-electron chi connectivity index (χ0n) is 24.0. The van der Waals surface area contributed by atoms with Gasteiger partial charge in [0.25, 0.3) is 5.91 Å². The molecule has 0 fully saturated rings. The molecule has 0 radical (unpaired) electrons. The summed E-state index contributed by atoms with van der Waals surface area (Å²) >= 11 is 0. The van der Waals surface area contributed by atoms with E-state index in [1.807, 2.05) is 18.2 Å². The van der Waals surface area contributed by atoms with Crippen molar-refractivity contribution in [3.8, 4) is 29.6 Å². The third kappa shape index (κ3) is 4.65. The Labute approximate surface area is 231 Å². The predicted molar refractivity (Wildman–Crippen MR) is 151 cm³/mol. The molecule has 6 heteroatoms. The predicted octanol–water partition coefficient (Wildman–Crippen LogP) is 6.29. The molecule has 0 saturated heterocycles. The third-order valence-corrected chi connectivity index (χ3v) is 8.41. The van der Waals surface area contributed by atoms with Crippen LogP contribution >= 0.6 is 0 Å². The number of rotatable bonds is 5. The van der Waals surface area contributed by atoms with Crippen LogP contribution in [0.2, 0.25) is 0 Å². The van der Waals surface area contributed by atoms with Gasteiger partial charge in [-0.05, 0) is 117 Å². The first-order valence-electron chi connectivity index (χ1n) is 13.5. The lowest BCUT2D eigenvalue weighted by Gasteiger charge is -2.36. The van der Waals surface area contributed by atoms with E-state index in [9.17, 15) is 4.79 Å². The van der Waals surface area contributed by atoms with Crippen molar-refractivity contribution in [2.75, 3.05) is 20.8 Å². The number of hydrogen-bond donors (Lipinski definition) is 0. The van der Waals surface area contributed by atoms with Gasteiger partial charge >= 0.3 is 0 Å². The summed E-state index contributed by atoms with van der Waals surface area (Å²) in [4.78, 5) is 15.3. The molecule has 3 heterocycles. The third-order valence-electron chi connectivity index (χ3n) is 8.41. The highest BCUT2D eigenvalue weighted by Crippen LogP contribution is 2.42. The molecule has 0 N–H and O–H groups in total. The number of carbonyl (C=O) groups excluding carboxylic acids is 1. The molecule has 204 valence electrons. The van der Waals surface area contributed by atoms with Gasteiger partial charge in [0, 0.05) is 13.0 Å². The number of fused-ring (bicyclic) bond motifs is 2. The van der Waals surface area contributed by atoms with Gasteiger partial charge in [0.2, 0.25) is 0 Å². The van der Waals surface area contributed by atoms with E-state index in [4.69, 9.17) is 25.1 Å². The van der Waals surface area contributed by atoms with Gasteiger partial charge in [-0.3, -0.25) is 4.79 Å². The molecule has 3 aromatic rings. The fourth-order valence-corrected chi connectivity index (χ4v) is 5.96. The number of nitrogens with zero attached hydrogens (tertiary/aromatic N) is 1. The van der Waals surface area contributed by atoms with E-state index < -0.39 is 6.04 Å². The standard InChI is InChI=1S/C33H37NO5/c1-9-27-26-18-30(37-8)29(36-7)16-22(26)13-15-34(27)32(35)28-11-10-23(38-28)17-25-19(2)20(3)31-24(21(25)4)12-14-33(5,6)39-31/h1,10-11,16,18,27H,12-15,17H2,2-8H3. The molecular formula is C33H37NO5. The lowest BCUT2D eigenvalue weighted by atomic mass is 9.84. The second-order valence-corrected chi connectivity index (χ2v) is 11.2. The van der Waals surface area contributed by atoms with E-state index >= 15 is 0 Å². The molecule has 6 nitrogen and oxygen atoms in total. The van der Waals surface area contributed by atoms with Crippen LogP contribution in [0.1, 0.15) is 81.6 Å². The molecule has 0 aliphatic carbocycles. The summed E-state index contributed by atoms with van der Waals surface area (Å²) in [7, 11) is 3.20. The summed E-state index contributed by atoms with van der Waals surface area (Å²) < 4.78 is 23.5. The maximum Gasteiger partial charge on any atom is 0.290 e. The summed E-state index contributed by atoms with van der Waals surface area (Å²) in [5, 5.41) is 0. The summed E-state index contributed by atoms with van der Waals surface area (Å²) in [5.74, 6) is 5.91. The first kappa shape index (κ1) is 26.7. The number of methoxy groups -OCH3 is 2. The molecule has 2 aromatic carbocycles. The molecule has 2 aliphatic rings. The highest BCUT2D eigenvalue weighted by atomic mass is 16.5. The zero-order valence-corrected chi connectivity index (χ0v) is 24.0. The topological polar surface area (TPSA) is 61.1 Å². The quantitative estimate of drug-likeness (QED) is 0.365. The lowest BCUT2D eigenvalue weighted by molar-refractivity contribution is 0.0672. The highest BCUT2D eigenvalue weighted by molar-refractivity contribution is 5.92. The average molecular weight is 528 g/mol. The van der Waals surface area contributed by atoms with Crippen molar-refractivity contribution in [2.24, 2.45) is 0 Å². The van der Waals surface area contributed by atoms with E-state index in [-0.39, 0.29) is 11.5 Å². The molecule has 5 rings (SSSR count). The number of hydrogen-bond acceptors (Lipinski definition) is 5. The van der Waals surface area contributed by atoms with Crippen LogP contribution in [0, 0.1) is 33.1 Å². The van der Waals surface area contributed by atoms with Gasteiger partial charge in [-0.1, -0.05) is 5.92 Å². The highest BCUT2D eigenvalue weighted by Gasteiger charge is 2.34. The van der Waals surface area contributed by atoms with Crippen molar-refractivity contribution in [3.63, 3.8) is 0 Å². The van der Waals surface area contributed by atoms with Crippen molar-refractivity contribution >= 4 is 5.91 Å². The van der Waals surface area contributed by atoms with Gasteiger partial charge in [0.15, 0.2) is 17.3 Å². The summed E-state index contributed by atoms with van der Waals surface area (Å²) in [6.07, 6.45) is 9.21. The van der Waals surface area contributed by atoms with Gasteiger partial charge < -0.3 is 23.5 Å². The van der Waals surface area contributed by atoms with Crippen molar-refractivity contribution < 1.29 is 23.4 Å². The Kier molecular flexibility index (Phi) is 6.88. The molecule has 39 heavy (non-hydrogen) atoms.